The Morgan fingerprint density at radius 2 is 1.00 bits per heavy atom. The van der Waals surface area contributed by atoms with Crippen molar-refractivity contribution in [2.45, 2.75) is 130 Å². The molecule has 0 saturated heterocycles. The molecule has 1 unspecified atom stereocenters. The molecule has 0 bridgehead atoms. The third-order valence-electron chi connectivity index (χ3n) is 8.50. The Bertz CT molecular complexity index is 1170. The summed E-state index contributed by atoms with van der Waals surface area (Å²) in [5.74, 6) is 0.908. The smallest absolute Gasteiger partial charge is 0.343 e. The van der Waals surface area contributed by atoms with Gasteiger partial charge in [0.2, 0.25) is 0 Å². The van der Waals surface area contributed by atoms with E-state index in [0.29, 0.717) is 17.9 Å². The molecule has 0 aliphatic heterocycles. The molecule has 0 saturated carbocycles. The number of ether oxygens (including phenoxy) is 3. The fourth-order valence-corrected chi connectivity index (χ4v) is 5.50. The van der Waals surface area contributed by atoms with E-state index in [2.05, 4.69) is 45.0 Å². The molecule has 0 spiro atoms. The highest BCUT2D eigenvalue weighted by Gasteiger charge is 2.10. The van der Waals surface area contributed by atoms with Crippen LogP contribution >= 0.6 is 0 Å². The van der Waals surface area contributed by atoms with Gasteiger partial charge in [-0.1, -0.05) is 140 Å². The lowest BCUT2D eigenvalue weighted by molar-refractivity contribution is 0.0627. The standard InChI is InChI=1S/C41H58O4/c1-4-6-8-9-10-11-12-13-14-15-16-17-18-19-33-43-34(3)35-20-22-36(23-21-35)37-24-30-40(31-25-37)45-41(42)38-26-28-39(29-27-38)44-32-7-5-2/h20-31,34H,4-19,32-33H2,1-3H3. The summed E-state index contributed by atoms with van der Waals surface area (Å²) in [4.78, 5) is 12.6. The molecule has 3 aromatic carbocycles. The van der Waals surface area contributed by atoms with Crippen molar-refractivity contribution >= 4 is 5.97 Å². The summed E-state index contributed by atoms with van der Waals surface area (Å²) in [7, 11) is 0. The van der Waals surface area contributed by atoms with Gasteiger partial charge in [0.25, 0.3) is 0 Å². The van der Waals surface area contributed by atoms with E-state index in [9.17, 15) is 4.79 Å². The van der Waals surface area contributed by atoms with Gasteiger partial charge in [-0.25, -0.2) is 4.79 Å². The Hall–Kier alpha value is -3.11. The Balaban J connectivity index is 1.28. The molecule has 3 aromatic rings. The van der Waals surface area contributed by atoms with Gasteiger partial charge in [0, 0.05) is 6.61 Å². The van der Waals surface area contributed by atoms with Gasteiger partial charge >= 0.3 is 5.97 Å². The molecule has 0 fully saturated rings. The van der Waals surface area contributed by atoms with Crippen molar-refractivity contribution in [1.82, 2.24) is 0 Å². The zero-order valence-electron chi connectivity index (χ0n) is 28.4. The number of esters is 1. The first-order chi connectivity index (χ1) is 22.1. The molecule has 1 atom stereocenters. The zero-order valence-corrected chi connectivity index (χ0v) is 28.4. The van der Waals surface area contributed by atoms with E-state index in [4.69, 9.17) is 14.2 Å². The second-order valence-electron chi connectivity index (χ2n) is 12.4. The first-order valence-corrected chi connectivity index (χ1v) is 17.9. The fraction of sp³-hybridized carbons (Fsp3) is 0.537. The maximum absolute atomic E-state index is 12.6. The van der Waals surface area contributed by atoms with Crippen LogP contribution in [0.4, 0.5) is 0 Å². The Kier molecular flexibility index (Phi) is 18.1. The topological polar surface area (TPSA) is 44.8 Å². The van der Waals surface area contributed by atoms with Crippen LogP contribution in [0, 0.1) is 0 Å². The highest BCUT2D eigenvalue weighted by molar-refractivity contribution is 5.91. The summed E-state index contributed by atoms with van der Waals surface area (Å²) < 4.78 is 17.4. The van der Waals surface area contributed by atoms with E-state index in [1.165, 1.54) is 89.0 Å². The second-order valence-corrected chi connectivity index (χ2v) is 12.4. The molecular weight excluding hydrogens is 556 g/mol. The van der Waals surface area contributed by atoms with Crippen molar-refractivity contribution in [3.8, 4) is 22.6 Å². The molecule has 0 N–H and O–H groups in total. The van der Waals surface area contributed by atoms with Crippen LogP contribution in [-0.4, -0.2) is 19.2 Å². The minimum Gasteiger partial charge on any atom is -0.494 e. The summed E-state index contributed by atoms with van der Waals surface area (Å²) in [6.45, 7) is 8.05. The predicted molar refractivity (Wildman–Crippen MR) is 188 cm³/mol. The fourth-order valence-electron chi connectivity index (χ4n) is 5.50. The summed E-state index contributed by atoms with van der Waals surface area (Å²) in [6, 6.07) is 23.3. The van der Waals surface area contributed by atoms with Gasteiger partial charge in [-0.3, -0.25) is 0 Å². The van der Waals surface area contributed by atoms with Crippen molar-refractivity contribution < 1.29 is 19.0 Å². The number of carbonyl (C=O) groups excluding carboxylic acids is 1. The molecule has 0 heterocycles. The van der Waals surface area contributed by atoms with Gasteiger partial charge in [0.15, 0.2) is 0 Å². The van der Waals surface area contributed by atoms with Crippen molar-refractivity contribution in [3.05, 3.63) is 83.9 Å². The number of rotatable bonds is 24. The molecule has 0 aliphatic carbocycles. The number of benzene rings is 3. The van der Waals surface area contributed by atoms with Crippen molar-refractivity contribution in [2.24, 2.45) is 0 Å². The van der Waals surface area contributed by atoms with Crippen LogP contribution in [0.15, 0.2) is 72.8 Å². The van der Waals surface area contributed by atoms with E-state index < -0.39 is 0 Å². The molecule has 0 aromatic heterocycles. The lowest BCUT2D eigenvalue weighted by atomic mass is 10.0. The Labute approximate surface area is 273 Å². The molecule has 0 radical (unpaired) electrons. The summed E-state index contributed by atoms with van der Waals surface area (Å²) in [6.07, 6.45) is 21.4. The molecule has 4 heteroatoms. The largest absolute Gasteiger partial charge is 0.494 e. The van der Waals surface area contributed by atoms with E-state index in [-0.39, 0.29) is 12.1 Å². The Morgan fingerprint density at radius 3 is 1.53 bits per heavy atom. The van der Waals surface area contributed by atoms with Crippen LogP contribution in [0.25, 0.3) is 11.1 Å². The quantitative estimate of drug-likeness (QED) is 0.0572. The molecular formula is C41H58O4. The minimum atomic E-state index is -0.379. The molecule has 0 amide bonds. The van der Waals surface area contributed by atoms with E-state index in [0.717, 1.165) is 42.7 Å². The SMILES string of the molecule is CCCCCCCCCCCCCCCCOC(C)c1ccc(-c2ccc(OC(=O)c3ccc(OCCCC)cc3)cc2)cc1. The van der Waals surface area contributed by atoms with E-state index >= 15 is 0 Å². The number of carbonyl (C=O) groups is 1. The highest BCUT2D eigenvalue weighted by atomic mass is 16.5. The molecule has 4 nitrogen and oxygen atoms in total. The van der Waals surface area contributed by atoms with Gasteiger partial charge in [0.05, 0.1) is 18.3 Å². The van der Waals surface area contributed by atoms with Gasteiger partial charge in [-0.05, 0) is 72.9 Å². The van der Waals surface area contributed by atoms with Crippen molar-refractivity contribution in [2.75, 3.05) is 13.2 Å². The lowest BCUT2D eigenvalue weighted by Gasteiger charge is -2.14. The average Bonchev–Trinajstić information content (AvgIpc) is 3.07. The average molecular weight is 615 g/mol. The third-order valence-corrected chi connectivity index (χ3v) is 8.50. The lowest BCUT2D eigenvalue weighted by Crippen LogP contribution is -2.08. The second kappa shape index (κ2) is 22.4. The summed E-state index contributed by atoms with van der Waals surface area (Å²) >= 11 is 0. The normalized spacial score (nSPS) is 11.8. The van der Waals surface area contributed by atoms with Crippen molar-refractivity contribution in [1.29, 1.82) is 0 Å². The van der Waals surface area contributed by atoms with Crippen molar-refractivity contribution in [3.63, 3.8) is 0 Å². The summed E-state index contributed by atoms with van der Waals surface area (Å²) in [5.41, 5.74) is 3.88. The van der Waals surface area contributed by atoms with Crippen LogP contribution in [0.5, 0.6) is 11.5 Å². The predicted octanol–water partition coefficient (Wildman–Crippen LogP) is 12.3. The maximum atomic E-state index is 12.6. The van der Waals surface area contributed by atoms with E-state index in [1.54, 1.807) is 12.1 Å². The molecule has 3 rings (SSSR count). The van der Waals surface area contributed by atoms with Gasteiger partial charge in [0.1, 0.15) is 11.5 Å². The molecule has 246 valence electrons. The summed E-state index contributed by atoms with van der Waals surface area (Å²) in [5, 5.41) is 0. The monoisotopic (exact) mass is 614 g/mol. The Morgan fingerprint density at radius 1 is 0.533 bits per heavy atom. The number of hydrogen-bond acceptors (Lipinski definition) is 4. The van der Waals surface area contributed by atoms with Gasteiger partial charge in [-0.2, -0.15) is 0 Å². The van der Waals surface area contributed by atoms with Crippen LogP contribution in [-0.2, 0) is 4.74 Å². The highest BCUT2D eigenvalue weighted by Crippen LogP contribution is 2.26. The van der Waals surface area contributed by atoms with E-state index in [1.807, 2.05) is 36.4 Å². The minimum absolute atomic E-state index is 0.0831. The first-order valence-electron chi connectivity index (χ1n) is 17.9. The zero-order chi connectivity index (χ0) is 32.0. The maximum Gasteiger partial charge on any atom is 0.343 e. The van der Waals surface area contributed by atoms with Gasteiger partial charge in [-0.15, -0.1) is 0 Å². The molecule has 0 aliphatic rings. The van der Waals surface area contributed by atoms with Gasteiger partial charge < -0.3 is 14.2 Å². The van der Waals surface area contributed by atoms with Crippen LogP contribution in [0.2, 0.25) is 0 Å². The first kappa shape index (κ1) is 36.4. The van der Waals surface area contributed by atoms with Crippen LogP contribution in [0.3, 0.4) is 0 Å². The number of unbranched alkanes of at least 4 members (excludes halogenated alkanes) is 14. The number of hydrogen-bond donors (Lipinski definition) is 0. The van der Waals surface area contributed by atoms with Crippen LogP contribution < -0.4 is 9.47 Å². The van der Waals surface area contributed by atoms with Crippen LogP contribution in [0.1, 0.15) is 146 Å². The molecule has 45 heavy (non-hydrogen) atoms. The third kappa shape index (κ3) is 14.7.